The summed E-state index contributed by atoms with van der Waals surface area (Å²) in [5.41, 5.74) is 6.11. The minimum absolute atomic E-state index is 0.0120. The fourth-order valence-electron chi connectivity index (χ4n) is 3.15. The number of aromatic nitrogens is 2. The highest BCUT2D eigenvalue weighted by molar-refractivity contribution is 5.88. The van der Waals surface area contributed by atoms with Gasteiger partial charge in [-0.25, -0.2) is 4.98 Å². The highest BCUT2D eigenvalue weighted by Crippen LogP contribution is 2.25. The van der Waals surface area contributed by atoms with E-state index in [9.17, 15) is 4.79 Å². The van der Waals surface area contributed by atoms with Crippen molar-refractivity contribution in [2.75, 3.05) is 6.54 Å². The number of carbonyl (C=O) groups is 1. The van der Waals surface area contributed by atoms with Crippen molar-refractivity contribution >= 4 is 27.9 Å². The van der Waals surface area contributed by atoms with Crippen LogP contribution in [-0.2, 0) is 17.6 Å². The lowest BCUT2D eigenvalue weighted by Gasteiger charge is -2.04. The van der Waals surface area contributed by atoms with Crippen LogP contribution in [0.15, 0.2) is 47.1 Å². The van der Waals surface area contributed by atoms with Crippen molar-refractivity contribution in [3.05, 3.63) is 65.2 Å². The first-order chi connectivity index (χ1) is 12.6. The summed E-state index contributed by atoms with van der Waals surface area (Å²) in [6.07, 6.45) is 2.67. The largest absolute Gasteiger partial charge is 0.464 e. The molecule has 0 fully saturated rings. The Kier molecular flexibility index (Phi) is 4.21. The minimum Gasteiger partial charge on any atom is -0.464 e. The van der Waals surface area contributed by atoms with Crippen LogP contribution < -0.4 is 5.32 Å². The second-order valence-corrected chi connectivity index (χ2v) is 6.67. The molecule has 26 heavy (non-hydrogen) atoms. The fraction of sp³-hybridized carbons (Fsp3) is 0.238. The maximum absolute atomic E-state index is 12.3. The number of amides is 1. The Morgan fingerprint density at radius 2 is 2.00 bits per heavy atom. The summed E-state index contributed by atoms with van der Waals surface area (Å²) >= 11 is 0. The molecule has 0 aliphatic carbocycles. The molecule has 2 N–H and O–H groups in total. The molecule has 2 aromatic heterocycles. The number of para-hydroxylation sites is 2. The van der Waals surface area contributed by atoms with Gasteiger partial charge in [0, 0.05) is 23.9 Å². The summed E-state index contributed by atoms with van der Waals surface area (Å²) in [5, 5.41) is 3.98. The second-order valence-electron chi connectivity index (χ2n) is 6.67. The molecule has 0 atom stereocenters. The lowest BCUT2D eigenvalue weighted by atomic mass is 10.0. The zero-order valence-corrected chi connectivity index (χ0v) is 14.9. The SMILES string of the molecule is Cc1cc2occ(CC(=O)NCCc3nc4ccccc4[nH]3)c2cc1C. The average molecular weight is 347 g/mol. The highest BCUT2D eigenvalue weighted by Gasteiger charge is 2.12. The maximum atomic E-state index is 12.3. The van der Waals surface area contributed by atoms with Crippen molar-refractivity contribution in [3.63, 3.8) is 0 Å². The van der Waals surface area contributed by atoms with Crippen LogP contribution in [0.1, 0.15) is 22.5 Å². The van der Waals surface area contributed by atoms with Gasteiger partial charge in [0.25, 0.3) is 0 Å². The fourth-order valence-corrected chi connectivity index (χ4v) is 3.15. The van der Waals surface area contributed by atoms with Crippen LogP contribution in [0.5, 0.6) is 0 Å². The van der Waals surface area contributed by atoms with Gasteiger partial charge in [-0.15, -0.1) is 0 Å². The summed E-state index contributed by atoms with van der Waals surface area (Å²) in [6.45, 7) is 4.67. The van der Waals surface area contributed by atoms with Gasteiger partial charge in [-0.3, -0.25) is 4.79 Å². The number of furan rings is 1. The van der Waals surface area contributed by atoms with Gasteiger partial charge in [0.1, 0.15) is 11.4 Å². The van der Waals surface area contributed by atoms with Crippen LogP contribution in [0, 0.1) is 13.8 Å². The number of hydrogen-bond acceptors (Lipinski definition) is 3. The highest BCUT2D eigenvalue weighted by atomic mass is 16.3. The van der Waals surface area contributed by atoms with Gasteiger partial charge >= 0.3 is 0 Å². The van der Waals surface area contributed by atoms with Crippen LogP contribution in [0.2, 0.25) is 0 Å². The molecule has 0 aliphatic heterocycles. The summed E-state index contributed by atoms with van der Waals surface area (Å²) in [5.74, 6) is 0.869. The predicted octanol–water partition coefficient (Wildman–Crippen LogP) is 3.83. The number of rotatable bonds is 5. The molecule has 132 valence electrons. The van der Waals surface area contributed by atoms with E-state index in [1.165, 1.54) is 11.1 Å². The number of carbonyl (C=O) groups excluding carboxylic acids is 1. The van der Waals surface area contributed by atoms with E-state index in [-0.39, 0.29) is 5.91 Å². The topological polar surface area (TPSA) is 70.9 Å². The molecule has 1 amide bonds. The van der Waals surface area contributed by atoms with Crippen LogP contribution in [0.3, 0.4) is 0 Å². The molecule has 0 saturated carbocycles. The molecule has 0 saturated heterocycles. The summed E-state index contributed by atoms with van der Waals surface area (Å²) in [7, 11) is 0. The zero-order valence-electron chi connectivity index (χ0n) is 14.9. The normalized spacial score (nSPS) is 11.3. The Hall–Kier alpha value is -3.08. The Bertz CT molecular complexity index is 1060. The molecule has 0 radical (unpaired) electrons. The molecule has 5 nitrogen and oxygen atoms in total. The van der Waals surface area contributed by atoms with E-state index in [4.69, 9.17) is 4.42 Å². The number of hydrogen-bond donors (Lipinski definition) is 2. The molecule has 0 spiro atoms. The van der Waals surface area contributed by atoms with E-state index in [2.05, 4.69) is 35.2 Å². The minimum atomic E-state index is -0.0120. The van der Waals surface area contributed by atoms with Crippen molar-refractivity contribution in [1.29, 1.82) is 0 Å². The molecule has 4 rings (SSSR count). The van der Waals surface area contributed by atoms with E-state index in [0.29, 0.717) is 19.4 Å². The lowest BCUT2D eigenvalue weighted by Crippen LogP contribution is -2.27. The van der Waals surface area contributed by atoms with Crippen LogP contribution in [0.4, 0.5) is 0 Å². The first-order valence-electron chi connectivity index (χ1n) is 8.78. The van der Waals surface area contributed by atoms with Crippen LogP contribution in [0.25, 0.3) is 22.0 Å². The number of aromatic amines is 1. The molecule has 5 heteroatoms. The van der Waals surface area contributed by atoms with E-state index in [1.807, 2.05) is 30.3 Å². The van der Waals surface area contributed by atoms with Gasteiger partial charge < -0.3 is 14.7 Å². The molecular weight excluding hydrogens is 326 g/mol. The van der Waals surface area contributed by atoms with Crippen molar-refractivity contribution in [2.45, 2.75) is 26.7 Å². The van der Waals surface area contributed by atoms with Crippen molar-refractivity contribution in [3.8, 4) is 0 Å². The van der Waals surface area contributed by atoms with E-state index >= 15 is 0 Å². The number of benzene rings is 2. The second kappa shape index (κ2) is 6.67. The van der Waals surface area contributed by atoms with Gasteiger partial charge in [0.2, 0.25) is 5.91 Å². The number of nitrogens with zero attached hydrogens (tertiary/aromatic N) is 1. The third-order valence-corrected chi connectivity index (χ3v) is 4.74. The number of aryl methyl sites for hydroxylation is 2. The number of H-pyrrole nitrogens is 1. The number of nitrogens with one attached hydrogen (secondary N) is 2. The Balaban J connectivity index is 1.37. The summed E-state index contributed by atoms with van der Waals surface area (Å²) in [6, 6.07) is 12.0. The van der Waals surface area contributed by atoms with E-state index in [0.717, 1.165) is 33.4 Å². The molecular formula is C21H21N3O2. The lowest BCUT2D eigenvalue weighted by molar-refractivity contribution is -0.120. The van der Waals surface area contributed by atoms with E-state index < -0.39 is 0 Å². The van der Waals surface area contributed by atoms with Gasteiger partial charge in [0.05, 0.1) is 23.7 Å². The third-order valence-electron chi connectivity index (χ3n) is 4.74. The molecule has 0 unspecified atom stereocenters. The third kappa shape index (κ3) is 3.20. The van der Waals surface area contributed by atoms with Gasteiger partial charge in [-0.2, -0.15) is 0 Å². The number of imidazole rings is 1. The van der Waals surface area contributed by atoms with Gasteiger partial charge in [-0.1, -0.05) is 12.1 Å². The molecule has 4 aromatic rings. The summed E-state index contributed by atoms with van der Waals surface area (Å²) in [4.78, 5) is 20.1. The molecule has 0 bridgehead atoms. The number of fused-ring (bicyclic) bond motifs is 2. The van der Waals surface area contributed by atoms with Crippen molar-refractivity contribution in [2.24, 2.45) is 0 Å². The molecule has 2 aromatic carbocycles. The first kappa shape index (κ1) is 16.4. The first-order valence-corrected chi connectivity index (χ1v) is 8.78. The quantitative estimate of drug-likeness (QED) is 0.576. The Morgan fingerprint density at radius 3 is 2.85 bits per heavy atom. The van der Waals surface area contributed by atoms with Crippen LogP contribution in [-0.4, -0.2) is 22.4 Å². The van der Waals surface area contributed by atoms with Gasteiger partial charge in [-0.05, 0) is 49.2 Å². The Labute approximate surface area is 151 Å². The van der Waals surface area contributed by atoms with Crippen molar-refractivity contribution in [1.82, 2.24) is 15.3 Å². The van der Waals surface area contributed by atoms with Gasteiger partial charge in [0.15, 0.2) is 0 Å². The van der Waals surface area contributed by atoms with E-state index in [1.54, 1.807) is 6.26 Å². The predicted molar refractivity (Wildman–Crippen MR) is 102 cm³/mol. The zero-order chi connectivity index (χ0) is 18.1. The summed E-state index contributed by atoms with van der Waals surface area (Å²) < 4.78 is 5.60. The van der Waals surface area contributed by atoms with Crippen molar-refractivity contribution < 1.29 is 9.21 Å². The Morgan fingerprint density at radius 1 is 1.19 bits per heavy atom. The van der Waals surface area contributed by atoms with Crippen LogP contribution >= 0.6 is 0 Å². The molecule has 2 heterocycles. The standard InChI is InChI=1S/C21H21N3O2/c1-13-9-16-15(12-26-19(16)10-14(13)2)11-21(25)22-8-7-20-23-17-5-3-4-6-18(17)24-20/h3-6,9-10,12H,7-8,11H2,1-2H3,(H,22,25)(H,23,24). The monoisotopic (exact) mass is 347 g/mol. The molecule has 0 aliphatic rings. The average Bonchev–Trinajstić information content (AvgIpc) is 3.19. The maximum Gasteiger partial charge on any atom is 0.224 e. The smallest absolute Gasteiger partial charge is 0.224 e.